The van der Waals surface area contributed by atoms with Crippen LogP contribution >= 0.6 is 0 Å². The number of H-pyrrole nitrogens is 1. The first-order valence-electron chi connectivity index (χ1n) is 13.2. The smallest absolute Gasteiger partial charge is 0.326 e. The second kappa shape index (κ2) is 15.2. The Bertz CT molecular complexity index is 1150. The zero-order chi connectivity index (χ0) is 28.9. The van der Waals surface area contributed by atoms with E-state index in [0.717, 1.165) is 12.0 Å². The highest BCUT2D eigenvalue weighted by molar-refractivity contribution is 5.94. The van der Waals surface area contributed by atoms with E-state index in [2.05, 4.69) is 36.2 Å². The lowest BCUT2D eigenvalue weighted by molar-refractivity contribution is -0.142. The molecule has 4 unspecified atom stereocenters. The van der Waals surface area contributed by atoms with Crippen LogP contribution in [0.15, 0.2) is 47.8 Å². The van der Waals surface area contributed by atoms with E-state index in [-0.39, 0.29) is 37.7 Å². The first kappa shape index (κ1) is 30.1. The highest BCUT2D eigenvalue weighted by atomic mass is 16.4. The highest BCUT2D eigenvalue weighted by Gasteiger charge is 2.32. The summed E-state index contributed by atoms with van der Waals surface area (Å²) >= 11 is 0. The third kappa shape index (κ3) is 9.69. The molecule has 4 atom stereocenters. The van der Waals surface area contributed by atoms with Crippen molar-refractivity contribution in [1.29, 1.82) is 0 Å². The summed E-state index contributed by atoms with van der Waals surface area (Å²) in [5.74, 6) is -2.90. The molecule has 10 N–H and O–H groups in total. The Morgan fingerprint density at radius 2 is 1.73 bits per heavy atom. The third-order valence-electron chi connectivity index (χ3n) is 6.46. The first-order valence-corrected chi connectivity index (χ1v) is 13.2. The number of aliphatic imine (C=N–C) groups is 1. The number of benzene rings is 1. The Labute approximate surface area is 231 Å². The summed E-state index contributed by atoms with van der Waals surface area (Å²) in [5, 5.41) is 20.8. The van der Waals surface area contributed by atoms with E-state index < -0.39 is 42.0 Å². The molecule has 0 aliphatic carbocycles. The van der Waals surface area contributed by atoms with Gasteiger partial charge in [-0.1, -0.05) is 30.3 Å². The zero-order valence-corrected chi connectivity index (χ0v) is 22.1. The van der Waals surface area contributed by atoms with Gasteiger partial charge >= 0.3 is 5.97 Å². The molecule has 2 heterocycles. The number of amides is 3. The lowest BCUT2D eigenvalue weighted by Crippen LogP contribution is -2.58. The van der Waals surface area contributed by atoms with Gasteiger partial charge in [-0.2, -0.15) is 0 Å². The molecule has 1 aliphatic heterocycles. The number of hydrogen-bond donors (Lipinski definition) is 8. The molecule has 0 radical (unpaired) electrons. The van der Waals surface area contributed by atoms with Crippen LogP contribution in [-0.2, 0) is 32.0 Å². The maximum Gasteiger partial charge on any atom is 0.326 e. The van der Waals surface area contributed by atoms with Crippen LogP contribution in [0.1, 0.15) is 36.9 Å². The number of carbonyl (C=O) groups is 4. The van der Waals surface area contributed by atoms with E-state index in [4.69, 9.17) is 11.5 Å². The molecule has 1 fully saturated rings. The SMILES string of the molecule is NC(N)=NCCCC(NC(=O)C(Cc1ccccc1)NC(=O)C(Cc1cnc[nH]1)NC(=O)C1CCCN1)C(=O)O. The number of carboxylic acids is 1. The van der Waals surface area contributed by atoms with E-state index in [9.17, 15) is 24.3 Å². The molecular formula is C26H37N9O5. The van der Waals surface area contributed by atoms with E-state index in [0.29, 0.717) is 25.1 Å². The Balaban J connectivity index is 1.75. The Kier molecular flexibility index (Phi) is 11.4. The monoisotopic (exact) mass is 555 g/mol. The van der Waals surface area contributed by atoms with Crippen molar-refractivity contribution in [3.8, 4) is 0 Å². The van der Waals surface area contributed by atoms with Crippen LogP contribution in [0.4, 0.5) is 0 Å². The number of imidazole rings is 1. The number of nitrogens with zero attached hydrogens (tertiary/aromatic N) is 2. The van der Waals surface area contributed by atoms with Crippen LogP contribution < -0.4 is 32.7 Å². The Morgan fingerprint density at radius 1 is 1.02 bits per heavy atom. The van der Waals surface area contributed by atoms with Crippen molar-refractivity contribution in [2.45, 2.75) is 62.7 Å². The number of hydrogen-bond acceptors (Lipinski definition) is 7. The molecule has 14 heteroatoms. The number of nitrogens with two attached hydrogens (primary N) is 2. The van der Waals surface area contributed by atoms with E-state index in [1.165, 1.54) is 6.33 Å². The summed E-state index contributed by atoms with van der Waals surface area (Å²) in [5.41, 5.74) is 12.0. The quantitative estimate of drug-likeness (QED) is 0.0728. The predicted molar refractivity (Wildman–Crippen MR) is 147 cm³/mol. The molecule has 3 amide bonds. The van der Waals surface area contributed by atoms with Gasteiger partial charge in [0.1, 0.15) is 18.1 Å². The molecule has 0 spiro atoms. The Morgan fingerprint density at radius 3 is 2.33 bits per heavy atom. The van der Waals surface area contributed by atoms with Crippen molar-refractivity contribution >= 4 is 29.7 Å². The van der Waals surface area contributed by atoms with Crippen LogP contribution in [0.25, 0.3) is 0 Å². The van der Waals surface area contributed by atoms with Crippen molar-refractivity contribution in [3.05, 3.63) is 54.1 Å². The molecule has 0 bridgehead atoms. The van der Waals surface area contributed by atoms with Gasteiger partial charge in [0.05, 0.1) is 12.4 Å². The number of carboxylic acid groups (broad SMARTS) is 1. The lowest BCUT2D eigenvalue weighted by atomic mass is 10.0. The summed E-state index contributed by atoms with van der Waals surface area (Å²) in [4.78, 5) is 62.3. The fraction of sp³-hybridized carbons (Fsp3) is 0.462. The molecule has 2 aromatic rings. The second-order valence-corrected chi connectivity index (χ2v) is 9.59. The van der Waals surface area contributed by atoms with Crippen LogP contribution in [0, 0.1) is 0 Å². The van der Waals surface area contributed by atoms with E-state index in [1.54, 1.807) is 30.5 Å². The molecule has 1 aromatic heterocycles. The van der Waals surface area contributed by atoms with Gasteiger partial charge < -0.3 is 42.8 Å². The normalized spacial score (nSPS) is 16.8. The summed E-state index contributed by atoms with van der Waals surface area (Å²) in [6, 6.07) is 5.27. The highest BCUT2D eigenvalue weighted by Crippen LogP contribution is 2.09. The third-order valence-corrected chi connectivity index (χ3v) is 6.46. The average Bonchev–Trinajstić information content (AvgIpc) is 3.64. The molecule has 1 saturated heterocycles. The number of aromatic nitrogens is 2. The molecule has 3 rings (SSSR count). The maximum absolute atomic E-state index is 13.5. The number of rotatable bonds is 15. The van der Waals surface area contributed by atoms with Gasteiger partial charge in [0.15, 0.2) is 5.96 Å². The molecule has 40 heavy (non-hydrogen) atoms. The minimum Gasteiger partial charge on any atom is -0.480 e. The summed E-state index contributed by atoms with van der Waals surface area (Å²) in [6.45, 7) is 0.919. The van der Waals surface area contributed by atoms with Crippen molar-refractivity contribution in [3.63, 3.8) is 0 Å². The number of carbonyl (C=O) groups excluding carboxylic acids is 3. The van der Waals surface area contributed by atoms with Gasteiger partial charge in [-0.25, -0.2) is 9.78 Å². The van der Waals surface area contributed by atoms with Gasteiger partial charge in [-0.3, -0.25) is 19.4 Å². The fourth-order valence-electron chi connectivity index (χ4n) is 4.37. The van der Waals surface area contributed by atoms with E-state index in [1.807, 2.05) is 6.07 Å². The minimum atomic E-state index is -1.23. The Hall–Kier alpha value is -4.46. The molecule has 216 valence electrons. The number of guanidine groups is 1. The zero-order valence-electron chi connectivity index (χ0n) is 22.1. The van der Waals surface area contributed by atoms with Crippen LogP contribution in [0.5, 0.6) is 0 Å². The van der Waals surface area contributed by atoms with E-state index >= 15 is 0 Å². The summed E-state index contributed by atoms with van der Waals surface area (Å²) in [6.07, 6.45) is 5.15. The average molecular weight is 556 g/mol. The molecule has 14 nitrogen and oxygen atoms in total. The van der Waals surface area contributed by atoms with Crippen LogP contribution in [0.3, 0.4) is 0 Å². The van der Waals surface area contributed by atoms with Crippen molar-refractivity contribution < 1.29 is 24.3 Å². The number of aromatic amines is 1. The standard InChI is InChI=1S/C26H37N9O5/c27-26(28)31-11-5-9-19(25(39)40)33-23(37)20(12-16-6-2-1-3-7-16)34-24(38)21(13-17-14-29-15-32-17)35-22(36)18-8-4-10-30-18/h1-3,6-7,14-15,18-21,30H,4-5,8-13H2,(H,29,32)(H,33,37)(H,34,38)(H,35,36)(H,39,40)(H4,27,28,31). The fourth-order valence-corrected chi connectivity index (χ4v) is 4.37. The predicted octanol–water partition coefficient (Wildman–Crippen LogP) is -1.46. The molecular weight excluding hydrogens is 518 g/mol. The largest absolute Gasteiger partial charge is 0.480 e. The number of nitrogens with one attached hydrogen (secondary N) is 5. The van der Waals surface area contributed by atoms with Crippen LogP contribution in [-0.4, -0.2) is 82.0 Å². The van der Waals surface area contributed by atoms with Gasteiger partial charge in [-0.05, 0) is 37.8 Å². The molecule has 1 aromatic carbocycles. The molecule has 0 saturated carbocycles. The van der Waals surface area contributed by atoms with Crippen molar-refractivity contribution in [2.24, 2.45) is 16.5 Å². The molecule has 1 aliphatic rings. The first-order chi connectivity index (χ1) is 19.2. The summed E-state index contributed by atoms with van der Waals surface area (Å²) < 4.78 is 0. The lowest BCUT2D eigenvalue weighted by Gasteiger charge is -2.25. The topological polar surface area (TPSA) is 230 Å². The maximum atomic E-state index is 13.5. The van der Waals surface area contributed by atoms with Crippen LogP contribution in [0.2, 0.25) is 0 Å². The van der Waals surface area contributed by atoms with Crippen molar-refractivity contribution in [1.82, 2.24) is 31.2 Å². The van der Waals surface area contributed by atoms with Gasteiger partial charge in [0.2, 0.25) is 17.7 Å². The summed E-state index contributed by atoms with van der Waals surface area (Å²) in [7, 11) is 0. The van der Waals surface area contributed by atoms with Gasteiger partial charge in [-0.15, -0.1) is 0 Å². The minimum absolute atomic E-state index is 0.0801. The number of aliphatic carboxylic acids is 1. The van der Waals surface area contributed by atoms with Gasteiger partial charge in [0.25, 0.3) is 0 Å². The van der Waals surface area contributed by atoms with Crippen molar-refractivity contribution in [2.75, 3.05) is 13.1 Å². The van der Waals surface area contributed by atoms with Gasteiger partial charge in [0, 0.05) is 31.3 Å². The second-order valence-electron chi connectivity index (χ2n) is 9.59.